The van der Waals surface area contributed by atoms with E-state index in [0.29, 0.717) is 4.08 Å². The summed E-state index contributed by atoms with van der Waals surface area (Å²) in [6, 6.07) is 0. The fourth-order valence-electron chi connectivity index (χ4n) is 1.12. The molecule has 1 unspecified atom stereocenters. The van der Waals surface area contributed by atoms with Crippen molar-refractivity contribution in [3.63, 3.8) is 0 Å². The van der Waals surface area contributed by atoms with Crippen LogP contribution in [0.25, 0.3) is 0 Å². The maximum atomic E-state index is 3.72. The highest BCUT2D eigenvalue weighted by Crippen LogP contribution is 2.53. The van der Waals surface area contributed by atoms with E-state index in [2.05, 4.69) is 37.0 Å². The minimum absolute atomic E-state index is 0.609. The Morgan fingerprint density at radius 2 is 2.07 bits per heavy atom. The highest BCUT2D eigenvalue weighted by Gasteiger charge is 2.38. The van der Waals surface area contributed by atoms with E-state index in [9.17, 15) is 0 Å². The molecule has 0 bridgehead atoms. The van der Waals surface area contributed by atoms with Crippen molar-refractivity contribution >= 4 is 35.3 Å². The van der Waals surface area contributed by atoms with Crippen LogP contribution in [-0.2, 0) is 0 Å². The molecule has 82 valence electrons. The van der Waals surface area contributed by atoms with Crippen LogP contribution in [0.4, 0.5) is 0 Å². The van der Waals surface area contributed by atoms with Gasteiger partial charge in [-0.05, 0) is 31.3 Å². The van der Waals surface area contributed by atoms with Crippen LogP contribution in [0.1, 0.15) is 26.2 Å². The minimum Gasteiger partial charge on any atom is -0.158 e. The molecule has 1 saturated heterocycles. The molecule has 1 fully saturated rings. The monoisotopic (exact) mass is 248 g/mol. The highest BCUT2D eigenvalue weighted by atomic mass is 32.2. The molecule has 0 amide bonds. The first kappa shape index (κ1) is 12.9. The Morgan fingerprint density at radius 3 is 2.71 bits per heavy atom. The first-order valence-electron chi connectivity index (χ1n) is 5.23. The molecule has 0 aromatic carbocycles. The Labute approximate surface area is 101 Å². The Hall–Kier alpha value is 0.790. The Kier molecular flexibility index (Phi) is 6.55. The number of thioether (sulfide) groups is 3. The van der Waals surface area contributed by atoms with Crippen molar-refractivity contribution in [2.45, 2.75) is 30.3 Å². The summed E-state index contributed by atoms with van der Waals surface area (Å²) in [5.74, 6) is 5.15. The van der Waals surface area contributed by atoms with E-state index in [0.717, 1.165) is 5.75 Å². The largest absolute Gasteiger partial charge is 0.158 e. The first-order chi connectivity index (χ1) is 6.77. The van der Waals surface area contributed by atoms with E-state index < -0.39 is 0 Å². The lowest BCUT2D eigenvalue weighted by atomic mass is 10.3. The summed E-state index contributed by atoms with van der Waals surface area (Å²) >= 11 is 6.25. The fraction of sp³-hybridized carbons (Fsp3) is 0.818. The van der Waals surface area contributed by atoms with Gasteiger partial charge in [0.25, 0.3) is 0 Å². The third kappa shape index (κ3) is 6.31. The van der Waals surface area contributed by atoms with E-state index in [1.54, 1.807) is 0 Å². The van der Waals surface area contributed by atoms with E-state index in [4.69, 9.17) is 0 Å². The third-order valence-electron chi connectivity index (χ3n) is 2.13. The van der Waals surface area contributed by atoms with E-state index in [1.807, 2.05) is 17.8 Å². The Balaban J connectivity index is 1.73. The highest BCUT2D eigenvalue weighted by molar-refractivity contribution is 8.24. The summed E-state index contributed by atoms with van der Waals surface area (Å²) < 4.78 is 0.609. The fourth-order valence-corrected chi connectivity index (χ4v) is 3.94. The van der Waals surface area contributed by atoms with Crippen LogP contribution in [0.15, 0.2) is 12.7 Å². The number of rotatable bonds is 9. The lowest BCUT2D eigenvalue weighted by molar-refractivity contribution is 0.785. The summed E-state index contributed by atoms with van der Waals surface area (Å²) in [5, 5.41) is 0. The zero-order valence-electron chi connectivity index (χ0n) is 8.96. The molecule has 1 atom stereocenters. The quantitative estimate of drug-likeness (QED) is 0.340. The molecule has 0 spiro atoms. The molecule has 1 rings (SSSR count). The summed E-state index contributed by atoms with van der Waals surface area (Å²) in [4.78, 5) is 0. The molecule has 1 aliphatic rings. The molecular formula is C11H20S3. The number of unbranched alkanes of at least 4 members (excludes halogenated alkanes) is 2. The molecule has 14 heavy (non-hydrogen) atoms. The van der Waals surface area contributed by atoms with E-state index in [1.165, 1.54) is 36.5 Å². The summed E-state index contributed by atoms with van der Waals surface area (Å²) in [7, 11) is 0. The average molecular weight is 248 g/mol. The van der Waals surface area contributed by atoms with Gasteiger partial charge in [0.05, 0.1) is 4.08 Å². The van der Waals surface area contributed by atoms with Crippen LogP contribution < -0.4 is 0 Å². The van der Waals surface area contributed by atoms with Crippen molar-refractivity contribution in [2.24, 2.45) is 0 Å². The van der Waals surface area contributed by atoms with Gasteiger partial charge in [0.15, 0.2) is 0 Å². The summed E-state index contributed by atoms with van der Waals surface area (Å²) in [6.45, 7) is 6.08. The van der Waals surface area contributed by atoms with Gasteiger partial charge in [0.1, 0.15) is 0 Å². The molecule has 3 heteroatoms. The number of hydrogen-bond donors (Lipinski definition) is 0. The maximum absolute atomic E-state index is 3.72. The van der Waals surface area contributed by atoms with Gasteiger partial charge in [-0.25, -0.2) is 0 Å². The lowest BCUT2D eigenvalue weighted by Gasteiger charge is -2.05. The zero-order valence-corrected chi connectivity index (χ0v) is 11.4. The normalized spacial score (nSPS) is 24.9. The summed E-state index contributed by atoms with van der Waals surface area (Å²) in [6.07, 6.45) is 6.17. The maximum Gasteiger partial charge on any atom is 0.0674 e. The van der Waals surface area contributed by atoms with Crippen LogP contribution >= 0.6 is 35.3 Å². The second-order valence-corrected chi connectivity index (χ2v) is 8.18. The van der Waals surface area contributed by atoms with Crippen LogP contribution in [0.3, 0.4) is 0 Å². The molecule has 0 saturated carbocycles. The average Bonchev–Trinajstić information content (AvgIpc) is 2.89. The van der Waals surface area contributed by atoms with Gasteiger partial charge < -0.3 is 0 Å². The predicted molar refractivity (Wildman–Crippen MR) is 74.7 cm³/mol. The topological polar surface area (TPSA) is 0 Å². The molecule has 0 aliphatic carbocycles. The van der Waals surface area contributed by atoms with Crippen molar-refractivity contribution in [2.75, 3.05) is 23.0 Å². The summed E-state index contributed by atoms with van der Waals surface area (Å²) in [5.41, 5.74) is 0. The molecule has 0 nitrogen and oxygen atoms in total. The smallest absolute Gasteiger partial charge is 0.0674 e. The van der Waals surface area contributed by atoms with Crippen LogP contribution in [0, 0.1) is 0 Å². The standard InChI is InChI=1S/C11H20S3/c1-3-7-12-8-5-4-6-9-13-11(2)10-14-11/h3H,1,4-10H2,2H3. The second-order valence-electron chi connectivity index (χ2n) is 3.70. The molecule has 0 radical (unpaired) electrons. The van der Waals surface area contributed by atoms with Crippen molar-refractivity contribution in [3.05, 3.63) is 12.7 Å². The van der Waals surface area contributed by atoms with Crippen LogP contribution in [0.5, 0.6) is 0 Å². The zero-order chi connectivity index (χ0) is 10.3. The lowest BCUT2D eigenvalue weighted by Crippen LogP contribution is -1.96. The minimum atomic E-state index is 0.609. The predicted octanol–water partition coefficient (Wildman–Crippen LogP) is 4.27. The molecule has 1 heterocycles. The molecule has 0 N–H and O–H groups in total. The SMILES string of the molecule is C=CCSCCCCCSC1(C)CS1. The number of hydrogen-bond acceptors (Lipinski definition) is 3. The molecule has 0 aromatic heterocycles. The van der Waals surface area contributed by atoms with E-state index in [-0.39, 0.29) is 0 Å². The van der Waals surface area contributed by atoms with Crippen LogP contribution in [0.2, 0.25) is 0 Å². The Bertz CT molecular complexity index is 164. The van der Waals surface area contributed by atoms with Gasteiger partial charge in [-0.1, -0.05) is 12.5 Å². The van der Waals surface area contributed by atoms with Gasteiger partial charge in [0.2, 0.25) is 0 Å². The molecule has 1 aliphatic heterocycles. The van der Waals surface area contributed by atoms with Crippen molar-refractivity contribution in [1.29, 1.82) is 0 Å². The third-order valence-corrected chi connectivity index (χ3v) is 6.44. The second kappa shape index (κ2) is 7.13. The van der Waals surface area contributed by atoms with Crippen molar-refractivity contribution < 1.29 is 0 Å². The van der Waals surface area contributed by atoms with Gasteiger partial charge in [-0.15, -0.1) is 30.1 Å². The van der Waals surface area contributed by atoms with Crippen molar-refractivity contribution in [1.82, 2.24) is 0 Å². The van der Waals surface area contributed by atoms with Gasteiger partial charge in [0, 0.05) is 11.5 Å². The van der Waals surface area contributed by atoms with E-state index >= 15 is 0 Å². The Morgan fingerprint density at radius 1 is 1.36 bits per heavy atom. The van der Waals surface area contributed by atoms with Crippen molar-refractivity contribution in [3.8, 4) is 0 Å². The van der Waals surface area contributed by atoms with Gasteiger partial charge in [-0.2, -0.15) is 11.8 Å². The van der Waals surface area contributed by atoms with Gasteiger partial charge >= 0.3 is 0 Å². The molecule has 0 aromatic rings. The first-order valence-corrected chi connectivity index (χ1v) is 8.36. The van der Waals surface area contributed by atoms with Gasteiger partial charge in [-0.3, -0.25) is 0 Å². The molecular weight excluding hydrogens is 228 g/mol. The van der Waals surface area contributed by atoms with Crippen LogP contribution in [-0.4, -0.2) is 27.1 Å².